The molecular weight excluding hydrogens is 248 g/mol. The monoisotopic (exact) mass is 272 g/mol. The Labute approximate surface area is 120 Å². The van der Waals surface area contributed by atoms with Crippen LogP contribution >= 0.6 is 0 Å². The number of benzene rings is 1. The van der Waals surface area contributed by atoms with Crippen LogP contribution < -0.4 is 5.73 Å². The number of hydrogen-bond acceptors (Lipinski definition) is 3. The molecule has 1 aromatic carbocycles. The molecule has 108 valence electrons. The van der Waals surface area contributed by atoms with Crippen molar-refractivity contribution in [1.82, 2.24) is 4.90 Å². The molecule has 2 aromatic rings. The third-order valence-corrected chi connectivity index (χ3v) is 4.46. The Morgan fingerprint density at radius 2 is 2.15 bits per heavy atom. The van der Waals surface area contributed by atoms with Crippen molar-refractivity contribution in [1.29, 1.82) is 0 Å². The fourth-order valence-electron chi connectivity index (χ4n) is 3.46. The van der Waals surface area contributed by atoms with Gasteiger partial charge in [-0.2, -0.15) is 0 Å². The van der Waals surface area contributed by atoms with Gasteiger partial charge in [0.25, 0.3) is 0 Å². The van der Waals surface area contributed by atoms with Crippen molar-refractivity contribution < 1.29 is 4.42 Å². The summed E-state index contributed by atoms with van der Waals surface area (Å²) in [5, 5.41) is 1.20. The van der Waals surface area contributed by atoms with E-state index in [1.54, 1.807) is 0 Å². The molecule has 1 aliphatic rings. The lowest BCUT2D eigenvalue weighted by molar-refractivity contribution is 0.0809. The van der Waals surface area contributed by atoms with Crippen LogP contribution in [0, 0.1) is 5.41 Å². The van der Waals surface area contributed by atoms with Gasteiger partial charge >= 0.3 is 0 Å². The molecule has 1 aromatic heterocycles. The van der Waals surface area contributed by atoms with Gasteiger partial charge in [-0.3, -0.25) is 4.90 Å². The molecule has 3 rings (SSSR count). The first-order valence-corrected chi connectivity index (χ1v) is 7.51. The number of fused-ring (bicyclic) bond motifs is 1. The molecule has 20 heavy (non-hydrogen) atoms. The molecular formula is C17H24N2O. The van der Waals surface area contributed by atoms with Crippen molar-refractivity contribution in [3.8, 4) is 0 Å². The number of piperidine rings is 1. The zero-order valence-electron chi connectivity index (χ0n) is 12.4. The first kappa shape index (κ1) is 13.7. The predicted molar refractivity (Wildman–Crippen MR) is 82.6 cm³/mol. The topological polar surface area (TPSA) is 42.4 Å². The van der Waals surface area contributed by atoms with E-state index in [2.05, 4.69) is 30.9 Å². The van der Waals surface area contributed by atoms with E-state index in [0.717, 1.165) is 18.7 Å². The van der Waals surface area contributed by atoms with Crippen molar-refractivity contribution in [2.24, 2.45) is 11.1 Å². The van der Waals surface area contributed by atoms with Crippen LogP contribution in [0.3, 0.4) is 0 Å². The number of nitrogens with zero attached hydrogens (tertiary/aromatic N) is 1. The van der Waals surface area contributed by atoms with Crippen LogP contribution in [-0.4, -0.2) is 24.5 Å². The summed E-state index contributed by atoms with van der Waals surface area (Å²) in [6.45, 7) is 7.57. The first-order chi connectivity index (χ1) is 9.61. The van der Waals surface area contributed by atoms with E-state index in [0.29, 0.717) is 12.0 Å². The second-order valence-corrected chi connectivity index (χ2v) is 6.68. The van der Waals surface area contributed by atoms with E-state index in [-0.39, 0.29) is 6.04 Å². The highest BCUT2D eigenvalue weighted by Gasteiger charge is 2.31. The van der Waals surface area contributed by atoms with Crippen LogP contribution in [0.15, 0.2) is 34.9 Å². The van der Waals surface area contributed by atoms with Gasteiger partial charge in [-0.25, -0.2) is 0 Å². The van der Waals surface area contributed by atoms with Crippen LogP contribution in [0.4, 0.5) is 0 Å². The van der Waals surface area contributed by atoms with E-state index < -0.39 is 0 Å². The van der Waals surface area contributed by atoms with Crippen molar-refractivity contribution in [2.45, 2.75) is 32.7 Å². The Balaban J connectivity index is 1.93. The molecule has 0 bridgehead atoms. The maximum atomic E-state index is 6.09. The minimum absolute atomic E-state index is 0.262. The fraction of sp³-hybridized carbons (Fsp3) is 0.529. The molecule has 1 aliphatic heterocycles. The highest BCUT2D eigenvalue weighted by atomic mass is 16.3. The maximum absolute atomic E-state index is 6.09. The van der Waals surface area contributed by atoms with Crippen molar-refractivity contribution in [2.75, 3.05) is 19.6 Å². The van der Waals surface area contributed by atoms with Gasteiger partial charge in [0.1, 0.15) is 5.58 Å². The standard InChI is InChI=1S/C17H24N2O/c1-17(2)8-5-9-19(12-17)15(10-18)14-11-20-16-7-4-3-6-13(14)16/h3-4,6-7,11,15H,5,8-10,12,18H2,1-2H3. The normalized spacial score (nSPS) is 21.1. The number of nitrogens with two attached hydrogens (primary N) is 1. The third-order valence-electron chi connectivity index (χ3n) is 4.46. The molecule has 0 spiro atoms. The summed E-state index contributed by atoms with van der Waals surface area (Å²) in [7, 11) is 0. The van der Waals surface area contributed by atoms with Gasteiger partial charge in [0.05, 0.1) is 12.3 Å². The zero-order valence-corrected chi connectivity index (χ0v) is 12.4. The van der Waals surface area contributed by atoms with Crippen molar-refractivity contribution in [3.63, 3.8) is 0 Å². The molecule has 0 saturated carbocycles. The average Bonchev–Trinajstić information content (AvgIpc) is 2.83. The highest BCUT2D eigenvalue weighted by Crippen LogP contribution is 2.35. The second-order valence-electron chi connectivity index (χ2n) is 6.68. The summed E-state index contributed by atoms with van der Waals surface area (Å²) in [5.74, 6) is 0. The van der Waals surface area contributed by atoms with Crippen LogP contribution in [0.5, 0.6) is 0 Å². The minimum Gasteiger partial charge on any atom is -0.464 e. The van der Waals surface area contributed by atoms with Crippen LogP contribution in [0.25, 0.3) is 11.0 Å². The largest absolute Gasteiger partial charge is 0.464 e. The number of hydrogen-bond donors (Lipinski definition) is 1. The Morgan fingerprint density at radius 1 is 1.35 bits per heavy atom. The second kappa shape index (κ2) is 5.23. The van der Waals surface area contributed by atoms with E-state index in [1.807, 2.05) is 18.4 Å². The van der Waals surface area contributed by atoms with Gasteiger partial charge in [0.15, 0.2) is 0 Å². The van der Waals surface area contributed by atoms with Gasteiger partial charge in [0.2, 0.25) is 0 Å². The number of likely N-dealkylation sites (tertiary alicyclic amines) is 1. The Hall–Kier alpha value is -1.32. The summed E-state index contributed by atoms with van der Waals surface area (Å²) < 4.78 is 5.69. The van der Waals surface area contributed by atoms with E-state index >= 15 is 0 Å². The maximum Gasteiger partial charge on any atom is 0.134 e. The molecule has 0 aliphatic carbocycles. The Bertz CT molecular complexity index is 587. The highest BCUT2D eigenvalue weighted by molar-refractivity contribution is 5.81. The first-order valence-electron chi connectivity index (χ1n) is 7.51. The lowest BCUT2D eigenvalue weighted by Crippen LogP contribution is -2.44. The average molecular weight is 272 g/mol. The summed E-state index contributed by atoms with van der Waals surface area (Å²) in [6, 6.07) is 8.49. The van der Waals surface area contributed by atoms with Crippen molar-refractivity contribution >= 4 is 11.0 Å². The SMILES string of the molecule is CC1(C)CCCN(C(CN)c2coc3ccccc23)C1. The molecule has 1 unspecified atom stereocenters. The van der Waals surface area contributed by atoms with E-state index in [9.17, 15) is 0 Å². The summed E-state index contributed by atoms with van der Waals surface area (Å²) in [5.41, 5.74) is 8.66. The molecule has 2 heterocycles. The predicted octanol–water partition coefficient (Wildman–Crippen LogP) is 3.55. The van der Waals surface area contributed by atoms with Gasteiger partial charge < -0.3 is 10.2 Å². The lowest BCUT2D eigenvalue weighted by atomic mass is 9.83. The van der Waals surface area contributed by atoms with Crippen LogP contribution in [0.2, 0.25) is 0 Å². The zero-order chi connectivity index (χ0) is 14.2. The quantitative estimate of drug-likeness (QED) is 0.929. The lowest BCUT2D eigenvalue weighted by Gasteiger charge is -2.41. The van der Waals surface area contributed by atoms with E-state index in [1.165, 1.54) is 23.8 Å². The molecule has 1 saturated heterocycles. The van der Waals surface area contributed by atoms with Crippen LogP contribution in [-0.2, 0) is 0 Å². The van der Waals surface area contributed by atoms with Gasteiger partial charge in [0, 0.05) is 24.0 Å². The Kier molecular flexibility index (Phi) is 3.57. The molecule has 1 fully saturated rings. The van der Waals surface area contributed by atoms with Gasteiger partial charge in [-0.1, -0.05) is 32.0 Å². The number of furan rings is 1. The smallest absolute Gasteiger partial charge is 0.134 e. The fourth-order valence-corrected chi connectivity index (χ4v) is 3.46. The summed E-state index contributed by atoms with van der Waals surface area (Å²) >= 11 is 0. The minimum atomic E-state index is 0.262. The number of rotatable bonds is 3. The molecule has 2 N–H and O–H groups in total. The molecule has 1 atom stereocenters. The Morgan fingerprint density at radius 3 is 2.90 bits per heavy atom. The molecule has 0 radical (unpaired) electrons. The van der Waals surface area contributed by atoms with Gasteiger partial charge in [-0.05, 0) is 30.9 Å². The third kappa shape index (κ3) is 2.48. The molecule has 0 amide bonds. The molecule has 3 nitrogen and oxygen atoms in total. The van der Waals surface area contributed by atoms with Gasteiger partial charge in [-0.15, -0.1) is 0 Å². The van der Waals surface area contributed by atoms with Crippen LogP contribution in [0.1, 0.15) is 38.3 Å². The number of para-hydroxylation sites is 1. The molecule has 3 heteroatoms. The summed E-state index contributed by atoms with van der Waals surface area (Å²) in [6.07, 6.45) is 4.44. The van der Waals surface area contributed by atoms with Crippen molar-refractivity contribution in [3.05, 3.63) is 36.1 Å². The van der Waals surface area contributed by atoms with E-state index in [4.69, 9.17) is 10.2 Å². The summed E-state index contributed by atoms with van der Waals surface area (Å²) in [4.78, 5) is 2.53.